The van der Waals surface area contributed by atoms with Crippen LogP contribution in [0.1, 0.15) is 17.3 Å². The van der Waals surface area contributed by atoms with Gasteiger partial charge in [0.15, 0.2) is 0 Å². The molecule has 2 rings (SSSR count). The standard InChI is InChI=1S/C18H15ClF4N2O3/c1-2-28-16(27)17(18(21,22)23,24-14-10-6-5-9-13(14)20)25-15(26)11-7-3-4-8-12(11)19/h3-10,24H,2H2,1H3,(H,25,26)/t17-/m0/s1. The molecule has 150 valence electrons. The minimum atomic E-state index is -5.39. The van der Waals surface area contributed by atoms with E-state index in [9.17, 15) is 27.2 Å². The van der Waals surface area contributed by atoms with Gasteiger partial charge in [-0.25, -0.2) is 9.18 Å². The maximum absolute atomic E-state index is 14.0. The highest BCUT2D eigenvalue weighted by Crippen LogP contribution is 2.34. The number of hydrogen-bond donors (Lipinski definition) is 2. The van der Waals surface area contributed by atoms with Gasteiger partial charge in [0.25, 0.3) is 5.91 Å². The summed E-state index contributed by atoms with van der Waals surface area (Å²) >= 11 is 5.85. The molecule has 1 amide bonds. The lowest BCUT2D eigenvalue weighted by Crippen LogP contribution is -2.69. The quantitative estimate of drug-likeness (QED) is 0.420. The summed E-state index contributed by atoms with van der Waals surface area (Å²) in [5.74, 6) is -4.22. The molecule has 10 heteroatoms. The Balaban J connectivity index is 2.56. The second kappa shape index (κ2) is 8.47. The summed E-state index contributed by atoms with van der Waals surface area (Å²) in [6, 6.07) is 9.70. The number of ether oxygens (including phenoxy) is 1. The molecule has 28 heavy (non-hydrogen) atoms. The maximum atomic E-state index is 14.0. The lowest BCUT2D eigenvalue weighted by Gasteiger charge is -2.35. The molecule has 0 saturated heterocycles. The van der Waals surface area contributed by atoms with Gasteiger partial charge < -0.3 is 15.4 Å². The van der Waals surface area contributed by atoms with Crippen LogP contribution in [-0.4, -0.2) is 30.3 Å². The fourth-order valence-electron chi connectivity index (χ4n) is 2.28. The number of halogens is 5. The topological polar surface area (TPSA) is 67.4 Å². The third-order valence-electron chi connectivity index (χ3n) is 3.62. The van der Waals surface area contributed by atoms with Crippen molar-refractivity contribution in [1.29, 1.82) is 0 Å². The molecule has 0 aromatic heterocycles. The first-order chi connectivity index (χ1) is 13.1. The zero-order valence-electron chi connectivity index (χ0n) is 14.4. The molecule has 0 saturated carbocycles. The Morgan fingerprint density at radius 3 is 2.25 bits per heavy atom. The molecule has 0 radical (unpaired) electrons. The molecule has 2 N–H and O–H groups in total. The van der Waals surface area contributed by atoms with Crippen LogP contribution in [0.25, 0.3) is 0 Å². The lowest BCUT2D eigenvalue weighted by atomic mass is 10.1. The predicted octanol–water partition coefficient (Wildman–Crippen LogP) is 4.14. The summed E-state index contributed by atoms with van der Waals surface area (Å²) in [5.41, 5.74) is -4.72. The molecule has 2 aromatic carbocycles. The molecule has 0 fully saturated rings. The molecule has 0 bridgehead atoms. The van der Waals surface area contributed by atoms with E-state index in [1.54, 1.807) is 10.6 Å². The lowest BCUT2D eigenvalue weighted by molar-refractivity contribution is -0.204. The van der Waals surface area contributed by atoms with Crippen LogP contribution in [0, 0.1) is 5.82 Å². The van der Waals surface area contributed by atoms with Crippen LogP contribution < -0.4 is 10.6 Å². The van der Waals surface area contributed by atoms with Crippen molar-refractivity contribution in [2.75, 3.05) is 11.9 Å². The largest absolute Gasteiger partial charge is 0.463 e. The number of nitrogens with one attached hydrogen (secondary N) is 2. The third kappa shape index (κ3) is 4.36. The molecule has 0 unspecified atom stereocenters. The summed E-state index contributed by atoms with van der Waals surface area (Å²) in [6.07, 6.45) is -5.39. The van der Waals surface area contributed by atoms with Crippen LogP contribution in [0.4, 0.5) is 23.2 Å². The average Bonchev–Trinajstić information content (AvgIpc) is 2.62. The number of anilines is 1. The normalized spacial score (nSPS) is 13.4. The van der Waals surface area contributed by atoms with Crippen molar-refractivity contribution < 1.29 is 31.9 Å². The number of carbonyl (C=O) groups excluding carboxylic acids is 2. The number of esters is 1. The molecular formula is C18H15ClF4N2O3. The second-order valence-electron chi connectivity index (χ2n) is 5.51. The Hall–Kier alpha value is -2.81. The van der Waals surface area contributed by atoms with Crippen LogP contribution >= 0.6 is 11.6 Å². The van der Waals surface area contributed by atoms with Gasteiger partial charge >= 0.3 is 17.8 Å². The van der Waals surface area contributed by atoms with Gasteiger partial charge in [-0.1, -0.05) is 35.9 Å². The van der Waals surface area contributed by atoms with E-state index < -0.39 is 41.8 Å². The number of amides is 1. The highest BCUT2D eigenvalue weighted by Gasteiger charge is 2.64. The van der Waals surface area contributed by atoms with Crippen molar-refractivity contribution in [3.05, 3.63) is 64.9 Å². The van der Waals surface area contributed by atoms with E-state index in [4.69, 9.17) is 11.6 Å². The number of benzene rings is 2. The Morgan fingerprint density at radius 2 is 1.68 bits per heavy atom. The van der Waals surface area contributed by atoms with E-state index in [-0.39, 0.29) is 10.6 Å². The van der Waals surface area contributed by atoms with Crippen LogP contribution in [0.15, 0.2) is 48.5 Å². The Bertz CT molecular complexity index is 876. The highest BCUT2D eigenvalue weighted by molar-refractivity contribution is 6.33. The van der Waals surface area contributed by atoms with Crippen molar-refractivity contribution >= 4 is 29.2 Å². The smallest absolute Gasteiger partial charge is 0.441 e. The van der Waals surface area contributed by atoms with Gasteiger partial charge in [0.1, 0.15) is 5.82 Å². The minimum Gasteiger partial charge on any atom is -0.463 e. The van der Waals surface area contributed by atoms with Crippen LogP contribution in [0.3, 0.4) is 0 Å². The Labute approximate surface area is 162 Å². The zero-order chi connectivity index (χ0) is 20.9. The number of carbonyl (C=O) groups is 2. The molecule has 1 atom stereocenters. The third-order valence-corrected chi connectivity index (χ3v) is 3.95. The summed E-state index contributed by atoms with van der Waals surface area (Å²) in [7, 11) is 0. The van der Waals surface area contributed by atoms with Crippen LogP contribution in [0.5, 0.6) is 0 Å². The molecule has 5 nitrogen and oxygen atoms in total. The predicted molar refractivity (Wildman–Crippen MR) is 94.4 cm³/mol. The van der Waals surface area contributed by atoms with E-state index in [0.717, 1.165) is 12.1 Å². The van der Waals surface area contributed by atoms with Gasteiger partial charge in [0.2, 0.25) is 0 Å². The fourth-order valence-corrected chi connectivity index (χ4v) is 2.50. The van der Waals surface area contributed by atoms with E-state index in [1.165, 1.54) is 43.3 Å². The molecule has 0 aliphatic heterocycles. The van der Waals surface area contributed by atoms with E-state index in [1.807, 2.05) is 0 Å². The first-order valence-electron chi connectivity index (χ1n) is 7.96. The molecule has 0 aliphatic carbocycles. The first-order valence-corrected chi connectivity index (χ1v) is 8.34. The highest BCUT2D eigenvalue weighted by atomic mass is 35.5. The molecule has 0 spiro atoms. The van der Waals surface area contributed by atoms with Gasteiger partial charge in [-0.15, -0.1) is 0 Å². The number of alkyl halides is 3. The summed E-state index contributed by atoms with van der Waals surface area (Å²) in [4.78, 5) is 24.8. The summed E-state index contributed by atoms with van der Waals surface area (Å²) in [6.45, 7) is 0.885. The summed E-state index contributed by atoms with van der Waals surface area (Å²) < 4.78 is 60.5. The van der Waals surface area contributed by atoms with E-state index in [2.05, 4.69) is 4.74 Å². The van der Waals surface area contributed by atoms with Gasteiger partial charge in [-0.2, -0.15) is 13.2 Å². The number of hydrogen-bond acceptors (Lipinski definition) is 4. The zero-order valence-corrected chi connectivity index (χ0v) is 15.2. The maximum Gasteiger partial charge on any atom is 0.441 e. The molecule has 2 aromatic rings. The Kier molecular flexibility index (Phi) is 6.50. The molecule has 0 aliphatic rings. The number of para-hydroxylation sites is 1. The van der Waals surface area contributed by atoms with Crippen molar-refractivity contribution in [1.82, 2.24) is 5.32 Å². The molecular weight excluding hydrogens is 404 g/mol. The van der Waals surface area contributed by atoms with Crippen molar-refractivity contribution in [2.24, 2.45) is 0 Å². The van der Waals surface area contributed by atoms with Crippen LogP contribution in [-0.2, 0) is 9.53 Å². The van der Waals surface area contributed by atoms with Gasteiger partial charge in [0.05, 0.1) is 22.9 Å². The van der Waals surface area contributed by atoms with E-state index in [0.29, 0.717) is 0 Å². The second-order valence-corrected chi connectivity index (χ2v) is 5.91. The fraction of sp³-hybridized carbons (Fsp3) is 0.222. The Morgan fingerprint density at radius 1 is 1.07 bits per heavy atom. The average molecular weight is 419 g/mol. The minimum absolute atomic E-state index is 0.133. The first kappa shape index (κ1) is 21.5. The van der Waals surface area contributed by atoms with Crippen molar-refractivity contribution in [2.45, 2.75) is 18.8 Å². The van der Waals surface area contributed by atoms with Crippen molar-refractivity contribution in [3.8, 4) is 0 Å². The van der Waals surface area contributed by atoms with E-state index >= 15 is 0 Å². The monoisotopic (exact) mass is 418 g/mol. The van der Waals surface area contributed by atoms with Crippen LogP contribution in [0.2, 0.25) is 5.02 Å². The van der Waals surface area contributed by atoms with Crippen molar-refractivity contribution in [3.63, 3.8) is 0 Å². The number of rotatable bonds is 6. The van der Waals surface area contributed by atoms with Gasteiger partial charge in [0, 0.05) is 0 Å². The van der Waals surface area contributed by atoms with Gasteiger partial charge in [-0.05, 0) is 31.2 Å². The molecule has 0 heterocycles. The summed E-state index contributed by atoms with van der Waals surface area (Å²) in [5, 5.41) is 3.21. The SMILES string of the molecule is CCOC(=O)[C@@](NC(=O)c1ccccc1Cl)(Nc1ccccc1F)C(F)(F)F. The van der Waals surface area contributed by atoms with Gasteiger partial charge in [-0.3, -0.25) is 4.79 Å².